The van der Waals surface area contributed by atoms with Gasteiger partial charge in [0.15, 0.2) is 0 Å². The minimum Gasteiger partial charge on any atom is -0.330 e. The zero-order chi connectivity index (χ0) is 11.2. The number of nitrogens with two attached hydrogens (primary N) is 1. The number of fused-ring (bicyclic) bond motifs is 2. The summed E-state index contributed by atoms with van der Waals surface area (Å²) in [5.41, 5.74) is 5.48. The summed E-state index contributed by atoms with van der Waals surface area (Å²) in [4.78, 5) is 0. The van der Waals surface area contributed by atoms with Crippen molar-refractivity contribution in [3.8, 4) is 0 Å². The van der Waals surface area contributed by atoms with E-state index >= 15 is 0 Å². The lowest BCUT2D eigenvalue weighted by Gasteiger charge is -2.17. The van der Waals surface area contributed by atoms with Crippen molar-refractivity contribution in [3.63, 3.8) is 0 Å². The SMILES string of the molecule is NCCCCCCCCC1CC2C=CC1C2. The van der Waals surface area contributed by atoms with Crippen molar-refractivity contribution >= 4 is 0 Å². The predicted octanol–water partition coefficient (Wildman–Crippen LogP) is 3.89. The topological polar surface area (TPSA) is 26.0 Å². The van der Waals surface area contributed by atoms with Crippen molar-refractivity contribution in [2.45, 2.75) is 57.8 Å². The Bertz CT molecular complexity index is 221. The molecule has 2 aliphatic rings. The summed E-state index contributed by atoms with van der Waals surface area (Å²) >= 11 is 0. The van der Waals surface area contributed by atoms with Crippen LogP contribution in [0.1, 0.15) is 57.8 Å². The summed E-state index contributed by atoms with van der Waals surface area (Å²) in [5, 5.41) is 0. The lowest BCUT2D eigenvalue weighted by atomic mass is 9.88. The lowest BCUT2D eigenvalue weighted by Crippen LogP contribution is -2.06. The van der Waals surface area contributed by atoms with E-state index in [1.165, 1.54) is 57.8 Å². The molecule has 92 valence electrons. The molecule has 2 bridgehead atoms. The molecule has 0 aromatic rings. The van der Waals surface area contributed by atoms with Gasteiger partial charge in [0.25, 0.3) is 0 Å². The van der Waals surface area contributed by atoms with Crippen molar-refractivity contribution in [3.05, 3.63) is 12.2 Å². The standard InChI is InChI=1S/C15H27N/c16-10-6-4-2-1-3-5-7-14-11-13-8-9-15(14)12-13/h8-9,13-15H,1-7,10-12,16H2. The highest BCUT2D eigenvalue weighted by Gasteiger charge is 2.34. The maximum Gasteiger partial charge on any atom is -0.00773 e. The summed E-state index contributed by atoms with van der Waals surface area (Å²) in [6.45, 7) is 0.872. The minimum absolute atomic E-state index is 0.872. The van der Waals surface area contributed by atoms with Gasteiger partial charge in [-0.05, 0) is 50.0 Å². The van der Waals surface area contributed by atoms with Crippen LogP contribution in [0.3, 0.4) is 0 Å². The summed E-state index contributed by atoms with van der Waals surface area (Å²) < 4.78 is 0. The highest BCUT2D eigenvalue weighted by Crippen LogP contribution is 2.45. The Morgan fingerprint density at radius 3 is 2.25 bits per heavy atom. The molecule has 2 rings (SSSR count). The van der Waals surface area contributed by atoms with Gasteiger partial charge in [0.05, 0.1) is 0 Å². The summed E-state index contributed by atoms with van der Waals surface area (Å²) in [7, 11) is 0. The fourth-order valence-electron chi connectivity index (χ4n) is 3.48. The first-order valence-electron chi connectivity index (χ1n) is 7.28. The molecule has 0 spiro atoms. The van der Waals surface area contributed by atoms with E-state index in [0.29, 0.717) is 0 Å². The Hall–Kier alpha value is -0.300. The zero-order valence-corrected chi connectivity index (χ0v) is 10.5. The Balaban J connectivity index is 1.45. The molecule has 3 atom stereocenters. The van der Waals surface area contributed by atoms with Gasteiger partial charge in [-0.3, -0.25) is 0 Å². The molecule has 1 fully saturated rings. The number of hydrogen-bond donors (Lipinski definition) is 1. The second kappa shape index (κ2) is 6.44. The van der Waals surface area contributed by atoms with E-state index in [1.54, 1.807) is 0 Å². The molecule has 3 unspecified atom stereocenters. The van der Waals surface area contributed by atoms with Crippen LogP contribution in [0.4, 0.5) is 0 Å². The van der Waals surface area contributed by atoms with Crippen molar-refractivity contribution < 1.29 is 0 Å². The van der Waals surface area contributed by atoms with Crippen LogP contribution >= 0.6 is 0 Å². The van der Waals surface area contributed by atoms with Crippen molar-refractivity contribution in [2.75, 3.05) is 6.54 Å². The Labute approximate surface area is 100 Å². The monoisotopic (exact) mass is 221 g/mol. The first-order valence-corrected chi connectivity index (χ1v) is 7.28. The van der Waals surface area contributed by atoms with Gasteiger partial charge in [-0.2, -0.15) is 0 Å². The maximum atomic E-state index is 5.48. The predicted molar refractivity (Wildman–Crippen MR) is 70.2 cm³/mol. The first-order chi connectivity index (χ1) is 7.90. The highest BCUT2D eigenvalue weighted by atomic mass is 14.5. The molecule has 0 aromatic carbocycles. The average molecular weight is 221 g/mol. The fourth-order valence-corrected chi connectivity index (χ4v) is 3.48. The van der Waals surface area contributed by atoms with Gasteiger partial charge in [-0.15, -0.1) is 0 Å². The molecule has 1 heteroatoms. The van der Waals surface area contributed by atoms with Crippen LogP contribution in [0.15, 0.2) is 12.2 Å². The van der Waals surface area contributed by atoms with Crippen molar-refractivity contribution in [1.29, 1.82) is 0 Å². The quantitative estimate of drug-likeness (QED) is 0.488. The molecule has 0 amide bonds. The highest BCUT2D eigenvalue weighted by molar-refractivity contribution is 5.09. The number of rotatable bonds is 8. The molecular weight excluding hydrogens is 194 g/mol. The summed E-state index contributed by atoms with van der Waals surface area (Å²) in [6, 6.07) is 0. The normalized spacial score (nSPS) is 31.4. The lowest BCUT2D eigenvalue weighted by molar-refractivity contribution is 0.394. The van der Waals surface area contributed by atoms with E-state index in [4.69, 9.17) is 5.73 Å². The van der Waals surface area contributed by atoms with Crippen LogP contribution in [0, 0.1) is 17.8 Å². The second-order valence-corrected chi connectivity index (χ2v) is 5.74. The van der Waals surface area contributed by atoms with Gasteiger partial charge in [0, 0.05) is 0 Å². The molecular formula is C15H27N. The van der Waals surface area contributed by atoms with Crippen molar-refractivity contribution in [2.24, 2.45) is 23.5 Å². The third-order valence-corrected chi connectivity index (χ3v) is 4.45. The van der Waals surface area contributed by atoms with E-state index in [2.05, 4.69) is 12.2 Å². The smallest absolute Gasteiger partial charge is 0.00773 e. The fraction of sp³-hybridized carbons (Fsp3) is 0.867. The van der Waals surface area contributed by atoms with Crippen molar-refractivity contribution in [1.82, 2.24) is 0 Å². The van der Waals surface area contributed by atoms with E-state index in [9.17, 15) is 0 Å². The number of unbranched alkanes of at least 4 members (excludes halogenated alkanes) is 5. The van der Waals surface area contributed by atoms with E-state index in [-0.39, 0.29) is 0 Å². The van der Waals surface area contributed by atoms with Crippen LogP contribution in [0.2, 0.25) is 0 Å². The Morgan fingerprint density at radius 2 is 1.62 bits per heavy atom. The van der Waals surface area contributed by atoms with Gasteiger partial charge in [0.1, 0.15) is 0 Å². The van der Waals surface area contributed by atoms with Crippen LogP contribution in [0.25, 0.3) is 0 Å². The summed E-state index contributed by atoms with van der Waals surface area (Å²) in [5.74, 6) is 2.96. The maximum absolute atomic E-state index is 5.48. The number of allylic oxidation sites excluding steroid dienone is 2. The second-order valence-electron chi connectivity index (χ2n) is 5.74. The van der Waals surface area contributed by atoms with Crippen LogP contribution in [-0.4, -0.2) is 6.54 Å². The average Bonchev–Trinajstić information content (AvgIpc) is 2.90. The van der Waals surface area contributed by atoms with Gasteiger partial charge in [0.2, 0.25) is 0 Å². The molecule has 1 saturated carbocycles. The van der Waals surface area contributed by atoms with Gasteiger partial charge in [-0.25, -0.2) is 0 Å². The largest absolute Gasteiger partial charge is 0.330 e. The van der Waals surface area contributed by atoms with Gasteiger partial charge >= 0.3 is 0 Å². The molecule has 0 heterocycles. The zero-order valence-electron chi connectivity index (χ0n) is 10.5. The molecule has 0 radical (unpaired) electrons. The molecule has 16 heavy (non-hydrogen) atoms. The molecule has 0 aliphatic heterocycles. The molecule has 0 aromatic heterocycles. The van der Waals surface area contributed by atoms with E-state index in [1.807, 2.05) is 0 Å². The third kappa shape index (κ3) is 3.35. The third-order valence-electron chi connectivity index (χ3n) is 4.45. The van der Waals surface area contributed by atoms with E-state index < -0.39 is 0 Å². The molecule has 1 nitrogen and oxygen atoms in total. The van der Waals surface area contributed by atoms with Gasteiger partial charge in [-0.1, -0.05) is 44.3 Å². The molecule has 2 aliphatic carbocycles. The van der Waals surface area contributed by atoms with Crippen LogP contribution in [0.5, 0.6) is 0 Å². The first kappa shape index (κ1) is 12.2. The van der Waals surface area contributed by atoms with Crippen LogP contribution in [-0.2, 0) is 0 Å². The summed E-state index contributed by atoms with van der Waals surface area (Å²) in [6.07, 6.45) is 17.7. The minimum atomic E-state index is 0.872. The van der Waals surface area contributed by atoms with E-state index in [0.717, 1.165) is 24.3 Å². The Kier molecular flexibility index (Phi) is 4.90. The Morgan fingerprint density at radius 1 is 0.875 bits per heavy atom. The van der Waals surface area contributed by atoms with Gasteiger partial charge < -0.3 is 5.73 Å². The number of hydrogen-bond acceptors (Lipinski definition) is 1. The van der Waals surface area contributed by atoms with Crippen LogP contribution < -0.4 is 5.73 Å². The molecule has 2 N–H and O–H groups in total. The molecule has 0 saturated heterocycles.